The SMILES string of the molecule is O=C(NO)c1ccc(Cn2c(=O)n(CCc3ccc(C(F)(F)F)cc3)c(=O)c3ccccc32)cc1. The molecule has 10 heteroatoms. The van der Waals surface area contributed by atoms with Gasteiger partial charge in [0.05, 0.1) is 23.0 Å². The van der Waals surface area contributed by atoms with E-state index in [1.807, 2.05) is 0 Å². The monoisotopic (exact) mass is 483 g/mol. The molecule has 180 valence electrons. The quantitative estimate of drug-likeness (QED) is 0.324. The van der Waals surface area contributed by atoms with Crippen LogP contribution < -0.4 is 16.7 Å². The van der Waals surface area contributed by atoms with E-state index in [2.05, 4.69) is 0 Å². The van der Waals surface area contributed by atoms with Crippen LogP contribution in [0.1, 0.15) is 27.0 Å². The normalized spacial score (nSPS) is 11.5. The first kappa shape index (κ1) is 24.0. The van der Waals surface area contributed by atoms with Crippen LogP contribution in [0.4, 0.5) is 13.2 Å². The first-order chi connectivity index (χ1) is 16.7. The Kier molecular flexibility index (Phi) is 6.57. The maximum atomic E-state index is 13.3. The summed E-state index contributed by atoms with van der Waals surface area (Å²) in [5, 5.41) is 9.09. The second kappa shape index (κ2) is 9.59. The van der Waals surface area contributed by atoms with Crippen LogP contribution in [-0.4, -0.2) is 20.2 Å². The Labute approximate surface area is 196 Å². The van der Waals surface area contributed by atoms with Gasteiger partial charge in [-0.1, -0.05) is 36.4 Å². The Balaban J connectivity index is 1.68. The number of rotatable bonds is 6. The Bertz CT molecular complexity index is 1490. The third-order valence-corrected chi connectivity index (χ3v) is 5.70. The van der Waals surface area contributed by atoms with Gasteiger partial charge < -0.3 is 0 Å². The number of alkyl halides is 3. The number of halogens is 3. The maximum Gasteiger partial charge on any atom is 0.416 e. The summed E-state index contributed by atoms with van der Waals surface area (Å²) in [6, 6.07) is 17.5. The van der Waals surface area contributed by atoms with Crippen LogP contribution >= 0.6 is 0 Å². The fourth-order valence-electron chi connectivity index (χ4n) is 3.83. The summed E-state index contributed by atoms with van der Waals surface area (Å²) in [6.45, 7) is 0.102. The summed E-state index contributed by atoms with van der Waals surface area (Å²) in [5.74, 6) is -0.670. The Morgan fingerprint density at radius 3 is 2.11 bits per heavy atom. The molecule has 35 heavy (non-hydrogen) atoms. The molecule has 0 aliphatic rings. The van der Waals surface area contributed by atoms with Crippen LogP contribution in [0.3, 0.4) is 0 Å². The molecular formula is C25H20F3N3O4. The molecule has 2 N–H and O–H groups in total. The minimum atomic E-state index is -4.44. The molecule has 1 amide bonds. The number of aromatic nitrogens is 2. The Morgan fingerprint density at radius 2 is 1.49 bits per heavy atom. The highest BCUT2D eigenvalue weighted by Crippen LogP contribution is 2.29. The minimum absolute atomic E-state index is 0.0104. The standard InChI is InChI=1S/C25H20F3N3O4/c26-25(27,28)19-11-7-16(8-12-19)13-14-30-23(33)20-3-1-2-4-21(20)31(24(30)34)15-17-5-9-18(10-6-17)22(32)29-35/h1-12,35H,13-15H2,(H,29,32). The molecule has 4 rings (SSSR count). The van der Waals surface area contributed by atoms with E-state index in [4.69, 9.17) is 5.21 Å². The van der Waals surface area contributed by atoms with Gasteiger partial charge in [0.2, 0.25) is 0 Å². The first-order valence-corrected chi connectivity index (χ1v) is 10.6. The fourth-order valence-corrected chi connectivity index (χ4v) is 3.83. The summed E-state index contributed by atoms with van der Waals surface area (Å²) in [6.07, 6.45) is -4.25. The lowest BCUT2D eigenvalue weighted by atomic mass is 10.1. The molecule has 0 radical (unpaired) electrons. The predicted octanol–water partition coefficient (Wildman–Crippen LogP) is 3.59. The van der Waals surface area contributed by atoms with Crippen LogP contribution in [0.5, 0.6) is 0 Å². The molecule has 0 unspecified atom stereocenters. The summed E-state index contributed by atoms with van der Waals surface area (Å²) in [5.41, 5.74) is 1.64. The number of aryl methyl sites for hydroxylation is 1. The lowest BCUT2D eigenvalue weighted by Gasteiger charge is -2.15. The van der Waals surface area contributed by atoms with E-state index < -0.39 is 28.9 Å². The molecule has 1 heterocycles. The van der Waals surface area contributed by atoms with Crippen LogP contribution in [0.25, 0.3) is 10.9 Å². The van der Waals surface area contributed by atoms with Crippen molar-refractivity contribution in [1.82, 2.24) is 14.6 Å². The van der Waals surface area contributed by atoms with E-state index >= 15 is 0 Å². The lowest BCUT2D eigenvalue weighted by molar-refractivity contribution is -0.137. The molecule has 0 aliphatic heterocycles. The number of fused-ring (bicyclic) bond motifs is 1. The molecular weight excluding hydrogens is 463 g/mol. The molecule has 1 aromatic heterocycles. The molecule has 0 bridgehead atoms. The second-order valence-corrected chi connectivity index (χ2v) is 7.93. The summed E-state index contributed by atoms with van der Waals surface area (Å²) in [4.78, 5) is 37.9. The summed E-state index contributed by atoms with van der Waals surface area (Å²) in [7, 11) is 0. The van der Waals surface area contributed by atoms with Gasteiger partial charge in [-0.3, -0.25) is 23.9 Å². The second-order valence-electron chi connectivity index (χ2n) is 7.93. The van der Waals surface area contributed by atoms with Crippen molar-refractivity contribution in [2.24, 2.45) is 0 Å². The van der Waals surface area contributed by atoms with Crippen LogP contribution in [0.2, 0.25) is 0 Å². The number of carbonyl (C=O) groups excluding carboxylic acids is 1. The van der Waals surface area contributed by atoms with Crippen molar-refractivity contribution in [3.63, 3.8) is 0 Å². The molecule has 4 aromatic rings. The van der Waals surface area contributed by atoms with Crippen molar-refractivity contribution >= 4 is 16.8 Å². The molecule has 0 atom stereocenters. The highest BCUT2D eigenvalue weighted by Gasteiger charge is 2.29. The van der Waals surface area contributed by atoms with Crippen LogP contribution in [0, 0.1) is 0 Å². The number of carbonyl (C=O) groups is 1. The highest BCUT2D eigenvalue weighted by molar-refractivity contribution is 5.93. The maximum absolute atomic E-state index is 13.3. The molecule has 0 spiro atoms. The zero-order chi connectivity index (χ0) is 25.2. The smallest absolute Gasteiger partial charge is 0.289 e. The van der Waals surface area contributed by atoms with Crippen LogP contribution in [-0.2, 0) is 25.7 Å². The molecule has 3 aromatic carbocycles. The van der Waals surface area contributed by atoms with Crippen molar-refractivity contribution in [2.45, 2.75) is 25.7 Å². The number of hydroxylamine groups is 1. The summed E-state index contributed by atoms with van der Waals surface area (Å²) >= 11 is 0. The Morgan fingerprint density at radius 1 is 0.857 bits per heavy atom. The number of nitrogens with one attached hydrogen (secondary N) is 1. The third-order valence-electron chi connectivity index (χ3n) is 5.70. The van der Waals surface area contributed by atoms with Gasteiger partial charge in [0, 0.05) is 12.1 Å². The van der Waals surface area contributed by atoms with Crippen molar-refractivity contribution in [3.05, 3.63) is 116 Å². The number of benzene rings is 3. The van der Waals surface area contributed by atoms with E-state index in [1.165, 1.54) is 28.8 Å². The highest BCUT2D eigenvalue weighted by atomic mass is 19.4. The van der Waals surface area contributed by atoms with Gasteiger partial charge in [-0.05, 0) is 53.9 Å². The van der Waals surface area contributed by atoms with E-state index in [0.29, 0.717) is 22.0 Å². The molecule has 0 aliphatic carbocycles. The molecule has 0 fully saturated rings. The van der Waals surface area contributed by atoms with Crippen molar-refractivity contribution in [3.8, 4) is 0 Å². The third kappa shape index (κ3) is 5.02. The number of nitrogens with zero attached hydrogens (tertiary/aromatic N) is 2. The van der Waals surface area contributed by atoms with Gasteiger partial charge in [-0.25, -0.2) is 10.3 Å². The van der Waals surface area contributed by atoms with Crippen LogP contribution in [0.15, 0.2) is 82.4 Å². The van der Waals surface area contributed by atoms with Crippen molar-refractivity contribution in [1.29, 1.82) is 0 Å². The largest absolute Gasteiger partial charge is 0.416 e. The molecule has 0 saturated heterocycles. The summed E-state index contributed by atoms with van der Waals surface area (Å²) < 4.78 is 40.9. The van der Waals surface area contributed by atoms with Crippen molar-refractivity contribution in [2.75, 3.05) is 0 Å². The fraction of sp³-hybridized carbons (Fsp3) is 0.160. The van der Waals surface area contributed by atoms with Gasteiger partial charge in [-0.2, -0.15) is 13.2 Å². The lowest BCUT2D eigenvalue weighted by Crippen LogP contribution is -2.40. The topological polar surface area (TPSA) is 93.3 Å². The van der Waals surface area contributed by atoms with Gasteiger partial charge in [0.15, 0.2) is 0 Å². The van der Waals surface area contributed by atoms with E-state index in [-0.39, 0.29) is 25.1 Å². The van der Waals surface area contributed by atoms with Gasteiger partial charge in [0.1, 0.15) is 0 Å². The zero-order valence-corrected chi connectivity index (χ0v) is 18.2. The van der Waals surface area contributed by atoms with E-state index in [1.54, 1.807) is 41.9 Å². The first-order valence-electron chi connectivity index (χ1n) is 10.6. The number of amides is 1. The minimum Gasteiger partial charge on any atom is -0.289 e. The molecule has 7 nitrogen and oxygen atoms in total. The zero-order valence-electron chi connectivity index (χ0n) is 18.2. The average Bonchev–Trinajstić information content (AvgIpc) is 2.86. The average molecular weight is 483 g/mol. The number of para-hydroxylation sites is 1. The van der Waals surface area contributed by atoms with Crippen molar-refractivity contribution < 1.29 is 23.2 Å². The number of hydrogen-bond donors (Lipinski definition) is 2. The van der Waals surface area contributed by atoms with Gasteiger partial charge >= 0.3 is 11.9 Å². The predicted molar refractivity (Wildman–Crippen MR) is 122 cm³/mol. The molecule has 0 saturated carbocycles. The van der Waals surface area contributed by atoms with E-state index in [9.17, 15) is 27.6 Å². The van der Waals surface area contributed by atoms with Gasteiger partial charge in [-0.15, -0.1) is 0 Å². The Hall–Kier alpha value is -4.18. The van der Waals surface area contributed by atoms with E-state index in [0.717, 1.165) is 16.7 Å². The van der Waals surface area contributed by atoms with Gasteiger partial charge in [0.25, 0.3) is 11.5 Å². The number of hydrogen-bond acceptors (Lipinski definition) is 4.